The lowest BCUT2D eigenvalue weighted by Gasteiger charge is -2.17. The van der Waals surface area contributed by atoms with E-state index in [9.17, 15) is 21.6 Å². The van der Waals surface area contributed by atoms with E-state index in [1.54, 1.807) is 19.9 Å². The summed E-state index contributed by atoms with van der Waals surface area (Å²) in [5, 5.41) is 2.63. The number of amides is 1. The predicted molar refractivity (Wildman–Crippen MR) is 119 cm³/mol. The number of nitrogens with one attached hydrogen (secondary N) is 1. The van der Waals surface area contributed by atoms with Crippen molar-refractivity contribution < 1.29 is 26.4 Å². The molecule has 0 bridgehead atoms. The summed E-state index contributed by atoms with van der Waals surface area (Å²) < 4.78 is 57.6. The molecule has 0 aliphatic carbocycles. The molecule has 0 saturated heterocycles. The van der Waals surface area contributed by atoms with Gasteiger partial charge in [-0.3, -0.25) is 4.79 Å². The van der Waals surface area contributed by atoms with Gasteiger partial charge >= 0.3 is 0 Å². The molecule has 1 N–H and O–H groups in total. The summed E-state index contributed by atoms with van der Waals surface area (Å²) in [6.45, 7) is 3.39. The maximum Gasteiger partial charge on any atom is 0.255 e. The minimum Gasteiger partial charge on any atom is -0.495 e. The van der Waals surface area contributed by atoms with Crippen molar-refractivity contribution in [1.29, 1.82) is 0 Å². The van der Waals surface area contributed by atoms with Gasteiger partial charge in [0.1, 0.15) is 5.75 Å². The maximum atomic E-state index is 13.0. The van der Waals surface area contributed by atoms with Crippen LogP contribution in [0, 0.1) is 13.8 Å². The average Bonchev–Trinajstić information content (AvgIpc) is 2.69. The lowest BCUT2D eigenvalue weighted by Crippen LogP contribution is -2.24. The molecular weight excluding hydrogens is 442 g/mol. The van der Waals surface area contributed by atoms with Crippen LogP contribution in [0.3, 0.4) is 0 Å². The van der Waals surface area contributed by atoms with Crippen LogP contribution in [0.1, 0.15) is 21.5 Å². The van der Waals surface area contributed by atoms with Crippen molar-refractivity contribution in [3.8, 4) is 5.75 Å². The Balaban J connectivity index is 2.55. The summed E-state index contributed by atoms with van der Waals surface area (Å²) in [5.41, 5.74) is 1.43. The zero-order chi connectivity index (χ0) is 23.7. The van der Waals surface area contributed by atoms with E-state index < -0.39 is 26.0 Å². The van der Waals surface area contributed by atoms with Gasteiger partial charge in [-0.25, -0.2) is 25.4 Å². The second-order valence-electron chi connectivity index (χ2n) is 7.31. The molecule has 0 aliphatic heterocycles. The van der Waals surface area contributed by atoms with Crippen molar-refractivity contribution >= 4 is 31.6 Å². The Morgan fingerprint density at radius 1 is 0.903 bits per heavy atom. The van der Waals surface area contributed by atoms with Crippen LogP contribution in [-0.2, 0) is 20.0 Å². The molecule has 1 amide bonds. The van der Waals surface area contributed by atoms with Crippen LogP contribution in [0.15, 0.2) is 40.1 Å². The fourth-order valence-corrected chi connectivity index (χ4v) is 4.92. The van der Waals surface area contributed by atoms with E-state index >= 15 is 0 Å². The summed E-state index contributed by atoms with van der Waals surface area (Å²) in [5.74, 6) is -0.341. The molecule has 9 nitrogen and oxygen atoms in total. The monoisotopic (exact) mass is 469 g/mol. The SMILES string of the molecule is COc1ccc(S(=O)(=O)N(C)C)cc1NC(=O)c1cc(C)c(C)c(S(=O)(=O)N(C)C)c1. The topological polar surface area (TPSA) is 113 Å². The quantitative estimate of drug-likeness (QED) is 0.664. The second-order valence-corrected chi connectivity index (χ2v) is 11.6. The fourth-order valence-electron chi connectivity index (χ4n) is 2.77. The number of carbonyl (C=O) groups is 1. The molecule has 170 valence electrons. The Morgan fingerprint density at radius 2 is 1.48 bits per heavy atom. The van der Waals surface area contributed by atoms with Crippen LogP contribution in [-0.4, -0.2) is 66.7 Å². The Labute approximate surface area is 183 Å². The van der Waals surface area contributed by atoms with Crippen molar-refractivity contribution in [1.82, 2.24) is 8.61 Å². The van der Waals surface area contributed by atoms with Crippen LogP contribution in [0.25, 0.3) is 0 Å². The molecule has 0 heterocycles. The van der Waals surface area contributed by atoms with Gasteiger partial charge in [0.15, 0.2) is 0 Å². The Kier molecular flexibility index (Phi) is 7.16. The van der Waals surface area contributed by atoms with Crippen LogP contribution in [0.4, 0.5) is 5.69 Å². The third kappa shape index (κ3) is 4.90. The van der Waals surface area contributed by atoms with E-state index in [0.717, 1.165) is 8.61 Å². The molecule has 0 spiro atoms. The number of hydrogen-bond donors (Lipinski definition) is 1. The Bertz CT molecular complexity index is 1220. The van der Waals surface area contributed by atoms with Gasteiger partial charge in [-0.2, -0.15) is 0 Å². The zero-order valence-corrected chi connectivity index (χ0v) is 20.2. The molecule has 31 heavy (non-hydrogen) atoms. The van der Waals surface area contributed by atoms with E-state index in [-0.39, 0.29) is 26.8 Å². The first-order valence-corrected chi connectivity index (χ1v) is 12.1. The minimum atomic E-state index is -3.76. The van der Waals surface area contributed by atoms with E-state index in [2.05, 4.69) is 5.32 Å². The number of anilines is 1. The molecule has 0 fully saturated rings. The highest BCUT2D eigenvalue weighted by Gasteiger charge is 2.24. The van der Waals surface area contributed by atoms with Crippen LogP contribution in [0.2, 0.25) is 0 Å². The highest BCUT2D eigenvalue weighted by atomic mass is 32.2. The molecule has 0 unspecified atom stereocenters. The molecule has 0 aromatic heterocycles. The highest BCUT2D eigenvalue weighted by molar-refractivity contribution is 7.89. The minimum absolute atomic E-state index is 0.0236. The van der Waals surface area contributed by atoms with E-state index in [1.807, 2.05) is 0 Å². The van der Waals surface area contributed by atoms with Crippen LogP contribution >= 0.6 is 0 Å². The Hall–Kier alpha value is -2.47. The maximum absolute atomic E-state index is 13.0. The molecular formula is C20H27N3O6S2. The number of nitrogens with zero attached hydrogens (tertiary/aromatic N) is 2. The number of ether oxygens (including phenoxy) is 1. The highest BCUT2D eigenvalue weighted by Crippen LogP contribution is 2.30. The molecule has 0 radical (unpaired) electrons. The molecule has 2 rings (SSSR count). The fraction of sp³-hybridized carbons (Fsp3) is 0.350. The van der Waals surface area contributed by atoms with Gasteiger partial charge < -0.3 is 10.1 Å². The summed E-state index contributed by atoms with van der Waals surface area (Å²) in [6.07, 6.45) is 0. The van der Waals surface area contributed by atoms with Gasteiger partial charge in [0, 0.05) is 33.8 Å². The zero-order valence-electron chi connectivity index (χ0n) is 18.5. The van der Waals surface area contributed by atoms with Crippen molar-refractivity contribution in [2.75, 3.05) is 40.6 Å². The third-order valence-electron chi connectivity index (χ3n) is 4.84. The van der Waals surface area contributed by atoms with Gasteiger partial charge in [0.2, 0.25) is 20.0 Å². The number of carbonyl (C=O) groups excluding carboxylic acids is 1. The lowest BCUT2D eigenvalue weighted by molar-refractivity contribution is 0.102. The molecule has 2 aromatic rings. The summed E-state index contributed by atoms with van der Waals surface area (Å²) >= 11 is 0. The lowest BCUT2D eigenvalue weighted by atomic mass is 10.1. The predicted octanol–water partition coefficient (Wildman–Crippen LogP) is 2.06. The molecule has 2 aromatic carbocycles. The van der Waals surface area contributed by atoms with Gasteiger partial charge in [-0.05, 0) is 55.3 Å². The number of aryl methyl sites for hydroxylation is 1. The molecule has 0 saturated carbocycles. The van der Waals surface area contributed by atoms with Gasteiger partial charge in [0.05, 0.1) is 22.6 Å². The van der Waals surface area contributed by atoms with Crippen LogP contribution in [0.5, 0.6) is 5.75 Å². The summed E-state index contributed by atoms with van der Waals surface area (Å²) in [6, 6.07) is 6.99. The molecule has 0 aliphatic rings. The van der Waals surface area contributed by atoms with E-state index in [4.69, 9.17) is 4.74 Å². The second kappa shape index (κ2) is 8.95. The number of benzene rings is 2. The summed E-state index contributed by atoms with van der Waals surface area (Å²) in [7, 11) is -0.468. The standard InChI is InChI=1S/C20H27N3O6S2/c1-13-10-15(11-19(14(13)2)31(27,28)23(5)6)20(24)21-17-12-16(8-9-18(17)29-7)30(25,26)22(3)4/h8-12H,1-7H3,(H,21,24). The van der Waals surface area contributed by atoms with Crippen molar-refractivity contribution in [3.63, 3.8) is 0 Å². The van der Waals surface area contributed by atoms with E-state index in [1.165, 1.54) is 59.6 Å². The normalized spacial score (nSPS) is 12.3. The van der Waals surface area contributed by atoms with Crippen molar-refractivity contribution in [2.24, 2.45) is 0 Å². The first-order chi connectivity index (χ1) is 14.2. The van der Waals surface area contributed by atoms with E-state index in [0.29, 0.717) is 11.1 Å². The first kappa shape index (κ1) is 24.8. The number of hydrogen-bond acceptors (Lipinski definition) is 6. The van der Waals surface area contributed by atoms with Gasteiger partial charge in [0.25, 0.3) is 5.91 Å². The van der Waals surface area contributed by atoms with Crippen molar-refractivity contribution in [3.05, 3.63) is 47.0 Å². The van der Waals surface area contributed by atoms with Gasteiger partial charge in [-0.1, -0.05) is 0 Å². The average molecular weight is 470 g/mol. The number of methoxy groups -OCH3 is 1. The first-order valence-electron chi connectivity index (χ1n) is 9.19. The third-order valence-corrected chi connectivity index (χ3v) is 8.59. The van der Waals surface area contributed by atoms with Gasteiger partial charge in [-0.15, -0.1) is 0 Å². The molecule has 11 heteroatoms. The largest absolute Gasteiger partial charge is 0.495 e. The number of sulfonamides is 2. The Morgan fingerprint density at radius 3 is 2.00 bits per heavy atom. The van der Waals surface area contributed by atoms with Crippen molar-refractivity contribution in [2.45, 2.75) is 23.6 Å². The van der Waals surface area contributed by atoms with Crippen LogP contribution < -0.4 is 10.1 Å². The smallest absolute Gasteiger partial charge is 0.255 e. The number of rotatable bonds is 7. The summed E-state index contributed by atoms with van der Waals surface area (Å²) in [4.78, 5) is 13.0. The molecule has 0 atom stereocenters.